The Balaban J connectivity index is 1.84. The predicted molar refractivity (Wildman–Crippen MR) is 48.3 cm³/mol. The quantitative estimate of drug-likeness (QED) is 0.530. The van der Waals surface area contributed by atoms with Crippen molar-refractivity contribution in [3.8, 4) is 0 Å². The lowest BCUT2D eigenvalue weighted by Crippen LogP contribution is -1.98. The van der Waals surface area contributed by atoms with E-state index in [4.69, 9.17) is 0 Å². The van der Waals surface area contributed by atoms with E-state index in [-0.39, 0.29) is 0 Å². The van der Waals surface area contributed by atoms with Gasteiger partial charge in [0.1, 0.15) is 0 Å². The van der Waals surface area contributed by atoms with Gasteiger partial charge in [-0.3, -0.25) is 0 Å². The van der Waals surface area contributed by atoms with Crippen molar-refractivity contribution in [1.29, 1.82) is 0 Å². The topological polar surface area (TPSA) is 0 Å². The first-order valence-electron chi connectivity index (χ1n) is 4.94. The molecule has 0 aromatic heterocycles. The van der Waals surface area contributed by atoms with E-state index in [1.807, 2.05) is 0 Å². The minimum atomic E-state index is 0.894. The second-order valence-electron chi connectivity index (χ2n) is 4.48. The molecule has 0 N–H and O–H groups in total. The number of hydrogen-bond acceptors (Lipinski definition) is 0. The van der Waals surface area contributed by atoms with Crippen molar-refractivity contribution in [1.82, 2.24) is 0 Å². The van der Waals surface area contributed by atoms with Gasteiger partial charge in [0.15, 0.2) is 0 Å². The summed E-state index contributed by atoms with van der Waals surface area (Å²) in [4.78, 5) is 0. The summed E-state index contributed by atoms with van der Waals surface area (Å²) in [5.41, 5.74) is 0. The molecule has 0 aromatic carbocycles. The van der Waals surface area contributed by atoms with Gasteiger partial charge >= 0.3 is 0 Å². The van der Waals surface area contributed by atoms with E-state index in [9.17, 15) is 0 Å². The highest BCUT2D eigenvalue weighted by Gasteiger charge is 2.42. The molecule has 0 heterocycles. The van der Waals surface area contributed by atoms with Crippen LogP contribution in [0.15, 0.2) is 12.7 Å². The molecule has 0 saturated heterocycles. The van der Waals surface area contributed by atoms with Crippen LogP contribution in [0, 0.1) is 23.7 Å². The SMILES string of the molecule is C=CC1CC1C1CC[C@H](C)C1. The van der Waals surface area contributed by atoms with Crippen LogP contribution in [0.1, 0.15) is 32.6 Å². The first-order chi connectivity index (χ1) is 5.31. The van der Waals surface area contributed by atoms with Gasteiger partial charge in [-0.25, -0.2) is 0 Å². The van der Waals surface area contributed by atoms with Crippen molar-refractivity contribution in [2.75, 3.05) is 0 Å². The summed E-state index contributed by atoms with van der Waals surface area (Å²) in [7, 11) is 0. The van der Waals surface area contributed by atoms with Crippen molar-refractivity contribution in [3.63, 3.8) is 0 Å². The van der Waals surface area contributed by atoms with Crippen molar-refractivity contribution in [2.45, 2.75) is 32.6 Å². The van der Waals surface area contributed by atoms with Crippen LogP contribution < -0.4 is 0 Å². The Bertz CT molecular complexity index is 159. The lowest BCUT2D eigenvalue weighted by atomic mass is 9.99. The lowest BCUT2D eigenvalue weighted by molar-refractivity contribution is 0.446. The maximum absolute atomic E-state index is 3.86. The Morgan fingerprint density at radius 3 is 2.55 bits per heavy atom. The van der Waals surface area contributed by atoms with Crippen LogP contribution in [-0.4, -0.2) is 0 Å². The number of hydrogen-bond donors (Lipinski definition) is 0. The molecule has 2 fully saturated rings. The van der Waals surface area contributed by atoms with E-state index in [2.05, 4.69) is 19.6 Å². The fourth-order valence-corrected chi connectivity index (χ4v) is 2.69. The molecule has 62 valence electrons. The standard InChI is InChI=1S/C11H18/c1-3-9-7-11(9)10-5-4-8(2)6-10/h3,8-11H,1,4-7H2,2H3/t8-,9?,10?,11?/m0/s1. The Kier molecular flexibility index (Phi) is 1.78. The summed E-state index contributed by atoms with van der Waals surface area (Å²) in [6.07, 6.45) is 8.07. The Morgan fingerprint density at radius 1 is 1.27 bits per heavy atom. The Labute approximate surface area is 69.7 Å². The third-order valence-corrected chi connectivity index (χ3v) is 3.53. The highest BCUT2D eigenvalue weighted by atomic mass is 14.5. The lowest BCUT2D eigenvalue weighted by Gasteiger charge is -2.06. The maximum atomic E-state index is 3.86. The van der Waals surface area contributed by atoms with Gasteiger partial charge in [-0.2, -0.15) is 0 Å². The molecule has 2 saturated carbocycles. The molecule has 4 atom stereocenters. The molecule has 3 unspecified atom stereocenters. The van der Waals surface area contributed by atoms with Crippen LogP contribution in [0.2, 0.25) is 0 Å². The summed E-state index contributed by atoms with van der Waals surface area (Å²) < 4.78 is 0. The normalized spacial score (nSPS) is 49.2. The van der Waals surface area contributed by atoms with Crippen LogP contribution in [-0.2, 0) is 0 Å². The van der Waals surface area contributed by atoms with Crippen molar-refractivity contribution in [3.05, 3.63) is 12.7 Å². The molecule has 0 aliphatic heterocycles. The van der Waals surface area contributed by atoms with Crippen LogP contribution in [0.4, 0.5) is 0 Å². The highest BCUT2D eigenvalue weighted by Crippen LogP contribution is 2.51. The van der Waals surface area contributed by atoms with Gasteiger partial charge in [-0.1, -0.05) is 19.4 Å². The highest BCUT2D eigenvalue weighted by molar-refractivity contribution is 5.02. The summed E-state index contributed by atoms with van der Waals surface area (Å²) in [6.45, 7) is 6.26. The molecule has 0 heteroatoms. The molecule has 0 amide bonds. The summed E-state index contributed by atoms with van der Waals surface area (Å²) >= 11 is 0. The molecule has 11 heavy (non-hydrogen) atoms. The van der Waals surface area contributed by atoms with E-state index >= 15 is 0 Å². The van der Waals surface area contributed by atoms with Gasteiger partial charge in [0.2, 0.25) is 0 Å². The average molecular weight is 150 g/mol. The first-order valence-corrected chi connectivity index (χ1v) is 4.94. The monoisotopic (exact) mass is 150 g/mol. The predicted octanol–water partition coefficient (Wildman–Crippen LogP) is 3.24. The zero-order valence-electron chi connectivity index (χ0n) is 7.42. The fraction of sp³-hybridized carbons (Fsp3) is 0.818. The second kappa shape index (κ2) is 2.66. The molecule has 0 radical (unpaired) electrons. The van der Waals surface area contributed by atoms with Crippen LogP contribution >= 0.6 is 0 Å². The van der Waals surface area contributed by atoms with E-state index in [1.165, 1.54) is 25.7 Å². The largest absolute Gasteiger partial charge is 0.103 e. The fourth-order valence-electron chi connectivity index (χ4n) is 2.69. The third kappa shape index (κ3) is 1.36. The van der Waals surface area contributed by atoms with Crippen LogP contribution in [0.5, 0.6) is 0 Å². The molecule has 2 rings (SSSR count). The summed E-state index contributed by atoms with van der Waals surface area (Å²) in [5, 5.41) is 0. The number of allylic oxidation sites excluding steroid dienone is 1. The Morgan fingerprint density at radius 2 is 2.09 bits per heavy atom. The Hall–Kier alpha value is -0.260. The molecular formula is C11H18. The molecule has 0 bridgehead atoms. The van der Waals surface area contributed by atoms with E-state index in [0.29, 0.717) is 0 Å². The minimum Gasteiger partial charge on any atom is -0.103 e. The molecule has 2 aliphatic carbocycles. The zero-order chi connectivity index (χ0) is 7.84. The second-order valence-corrected chi connectivity index (χ2v) is 4.48. The van der Waals surface area contributed by atoms with Crippen molar-refractivity contribution in [2.24, 2.45) is 23.7 Å². The first kappa shape index (κ1) is 7.39. The van der Waals surface area contributed by atoms with Gasteiger partial charge < -0.3 is 0 Å². The summed E-state index contributed by atoms with van der Waals surface area (Å²) in [6, 6.07) is 0. The van der Waals surface area contributed by atoms with E-state index < -0.39 is 0 Å². The van der Waals surface area contributed by atoms with Crippen LogP contribution in [0.25, 0.3) is 0 Å². The molecule has 0 aromatic rings. The van der Waals surface area contributed by atoms with Crippen molar-refractivity contribution < 1.29 is 0 Å². The summed E-state index contributed by atoms with van der Waals surface area (Å²) in [5.74, 6) is 4.00. The van der Waals surface area contributed by atoms with Crippen molar-refractivity contribution >= 4 is 0 Å². The van der Waals surface area contributed by atoms with E-state index in [0.717, 1.165) is 23.7 Å². The van der Waals surface area contributed by atoms with Crippen LogP contribution in [0.3, 0.4) is 0 Å². The van der Waals surface area contributed by atoms with Gasteiger partial charge in [-0.05, 0) is 42.9 Å². The molecule has 0 nitrogen and oxygen atoms in total. The molecule has 2 aliphatic rings. The minimum absolute atomic E-state index is 0.894. The van der Waals surface area contributed by atoms with Gasteiger partial charge in [0.25, 0.3) is 0 Å². The third-order valence-electron chi connectivity index (χ3n) is 3.53. The van der Waals surface area contributed by atoms with Gasteiger partial charge in [0.05, 0.1) is 0 Å². The molecule has 0 spiro atoms. The van der Waals surface area contributed by atoms with E-state index in [1.54, 1.807) is 0 Å². The average Bonchev–Trinajstić information content (AvgIpc) is 2.68. The van der Waals surface area contributed by atoms with Gasteiger partial charge in [0, 0.05) is 0 Å². The van der Waals surface area contributed by atoms with Gasteiger partial charge in [-0.15, -0.1) is 6.58 Å². The maximum Gasteiger partial charge on any atom is -0.0202 e. The zero-order valence-corrected chi connectivity index (χ0v) is 7.42. The smallest absolute Gasteiger partial charge is 0.0202 e. The number of rotatable bonds is 2. The molecular weight excluding hydrogens is 132 g/mol.